The van der Waals surface area contributed by atoms with Crippen LogP contribution in [-0.2, 0) is 9.59 Å². The van der Waals surface area contributed by atoms with Gasteiger partial charge in [0.25, 0.3) is 0 Å². The summed E-state index contributed by atoms with van der Waals surface area (Å²) < 4.78 is 0. The van der Waals surface area contributed by atoms with Crippen LogP contribution in [0, 0.1) is 5.92 Å². The SMILES string of the molecule is CCCCCCCCCCCC(=O)Nc1ccc(N2CCN(C(=O)C(CC)CC)CC2)cc1. The van der Waals surface area contributed by atoms with Crippen molar-refractivity contribution in [3.05, 3.63) is 24.3 Å². The molecule has 186 valence electrons. The number of benzene rings is 1. The smallest absolute Gasteiger partial charge is 0.225 e. The first-order chi connectivity index (χ1) is 16.1. The first-order valence-electron chi connectivity index (χ1n) is 13.5. The summed E-state index contributed by atoms with van der Waals surface area (Å²) in [7, 11) is 0. The van der Waals surface area contributed by atoms with E-state index in [1.807, 2.05) is 17.0 Å². The molecule has 0 spiro atoms. The molecule has 0 saturated carbocycles. The number of amides is 2. The van der Waals surface area contributed by atoms with Gasteiger partial charge < -0.3 is 15.1 Å². The molecule has 0 bridgehead atoms. The summed E-state index contributed by atoms with van der Waals surface area (Å²) in [6, 6.07) is 8.13. The second kappa shape index (κ2) is 15.7. The summed E-state index contributed by atoms with van der Waals surface area (Å²) in [6.45, 7) is 9.73. The molecule has 2 rings (SSSR count). The van der Waals surface area contributed by atoms with Crippen LogP contribution in [0.1, 0.15) is 97.8 Å². The van der Waals surface area contributed by atoms with Crippen LogP contribution in [0.2, 0.25) is 0 Å². The van der Waals surface area contributed by atoms with E-state index in [4.69, 9.17) is 0 Å². The summed E-state index contributed by atoms with van der Waals surface area (Å²) in [5, 5.41) is 3.03. The highest BCUT2D eigenvalue weighted by Crippen LogP contribution is 2.21. The lowest BCUT2D eigenvalue weighted by Crippen LogP contribution is -2.50. The van der Waals surface area contributed by atoms with Crippen LogP contribution in [0.3, 0.4) is 0 Å². The molecule has 1 aliphatic rings. The first kappa shape index (κ1) is 27.2. The molecule has 1 aliphatic heterocycles. The lowest BCUT2D eigenvalue weighted by molar-refractivity contribution is -0.136. The Morgan fingerprint density at radius 3 is 1.88 bits per heavy atom. The number of unbranched alkanes of at least 4 members (excludes halogenated alkanes) is 8. The van der Waals surface area contributed by atoms with Crippen molar-refractivity contribution in [2.45, 2.75) is 97.8 Å². The van der Waals surface area contributed by atoms with Gasteiger partial charge in [0.15, 0.2) is 0 Å². The Morgan fingerprint density at radius 2 is 1.33 bits per heavy atom. The van der Waals surface area contributed by atoms with Gasteiger partial charge in [0.2, 0.25) is 11.8 Å². The molecular formula is C28H47N3O2. The highest BCUT2D eigenvalue weighted by molar-refractivity contribution is 5.90. The van der Waals surface area contributed by atoms with Gasteiger partial charge in [-0.15, -0.1) is 0 Å². The second-order valence-corrected chi connectivity index (χ2v) is 9.50. The zero-order valence-corrected chi connectivity index (χ0v) is 21.4. The van der Waals surface area contributed by atoms with Gasteiger partial charge in [-0.05, 0) is 43.5 Å². The van der Waals surface area contributed by atoms with Crippen LogP contribution >= 0.6 is 0 Å². The number of anilines is 2. The van der Waals surface area contributed by atoms with E-state index in [0.717, 1.165) is 63.2 Å². The third-order valence-corrected chi connectivity index (χ3v) is 6.95. The Hall–Kier alpha value is -2.04. The molecule has 1 aromatic rings. The summed E-state index contributed by atoms with van der Waals surface area (Å²) in [4.78, 5) is 29.2. The monoisotopic (exact) mass is 457 g/mol. The quantitative estimate of drug-likeness (QED) is 0.301. The molecule has 2 amide bonds. The van der Waals surface area contributed by atoms with Crippen molar-refractivity contribution in [3.63, 3.8) is 0 Å². The first-order valence-corrected chi connectivity index (χ1v) is 13.5. The van der Waals surface area contributed by atoms with Crippen molar-refractivity contribution in [1.29, 1.82) is 0 Å². The van der Waals surface area contributed by atoms with Gasteiger partial charge in [-0.2, -0.15) is 0 Å². The average molecular weight is 458 g/mol. The predicted molar refractivity (Wildman–Crippen MR) is 140 cm³/mol. The van der Waals surface area contributed by atoms with E-state index in [0.29, 0.717) is 12.3 Å². The number of carbonyl (C=O) groups excluding carboxylic acids is 2. The Morgan fingerprint density at radius 1 is 0.788 bits per heavy atom. The number of hydrogen-bond acceptors (Lipinski definition) is 3. The van der Waals surface area contributed by atoms with Crippen molar-refractivity contribution in [1.82, 2.24) is 4.90 Å². The summed E-state index contributed by atoms with van der Waals surface area (Å²) >= 11 is 0. The molecule has 1 aromatic carbocycles. The van der Waals surface area contributed by atoms with Crippen LogP contribution in [0.5, 0.6) is 0 Å². The Kier molecular flexibility index (Phi) is 13.0. The highest BCUT2D eigenvalue weighted by Gasteiger charge is 2.25. The zero-order chi connectivity index (χ0) is 23.9. The van der Waals surface area contributed by atoms with Gasteiger partial charge in [-0.1, -0.05) is 72.1 Å². The maximum Gasteiger partial charge on any atom is 0.225 e. The van der Waals surface area contributed by atoms with E-state index in [-0.39, 0.29) is 11.8 Å². The number of rotatable bonds is 15. The van der Waals surface area contributed by atoms with Gasteiger partial charge >= 0.3 is 0 Å². The van der Waals surface area contributed by atoms with Crippen LogP contribution in [0.4, 0.5) is 11.4 Å². The standard InChI is InChI=1S/C28H47N3O2/c1-4-7-8-9-10-11-12-13-14-15-27(32)29-25-16-18-26(19-17-25)30-20-22-31(23-21-30)28(33)24(5-2)6-3/h16-19,24H,4-15,20-23H2,1-3H3,(H,29,32). The molecule has 0 aliphatic carbocycles. The normalized spacial score (nSPS) is 14.1. The Labute approximate surface area is 202 Å². The molecule has 5 nitrogen and oxygen atoms in total. The maximum absolute atomic E-state index is 12.6. The molecule has 33 heavy (non-hydrogen) atoms. The molecule has 5 heteroatoms. The van der Waals surface area contributed by atoms with Crippen molar-refractivity contribution in [2.24, 2.45) is 5.92 Å². The van der Waals surface area contributed by atoms with Gasteiger partial charge in [0.1, 0.15) is 0 Å². The van der Waals surface area contributed by atoms with Crippen LogP contribution in [0.15, 0.2) is 24.3 Å². The molecular weight excluding hydrogens is 410 g/mol. The largest absolute Gasteiger partial charge is 0.368 e. The fraction of sp³-hybridized carbons (Fsp3) is 0.714. The van der Waals surface area contributed by atoms with Gasteiger partial charge in [-0.3, -0.25) is 9.59 Å². The molecule has 0 aromatic heterocycles. The maximum atomic E-state index is 12.6. The number of piperazine rings is 1. The predicted octanol–water partition coefficient (Wildman–Crippen LogP) is 6.63. The van der Waals surface area contributed by atoms with E-state index in [1.165, 1.54) is 44.9 Å². The van der Waals surface area contributed by atoms with Crippen molar-refractivity contribution < 1.29 is 9.59 Å². The molecule has 1 heterocycles. The Balaban J connectivity index is 1.64. The minimum absolute atomic E-state index is 0.110. The average Bonchev–Trinajstić information content (AvgIpc) is 2.84. The van der Waals surface area contributed by atoms with E-state index in [9.17, 15) is 9.59 Å². The van der Waals surface area contributed by atoms with Gasteiger partial charge in [0.05, 0.1) is 0 Å². The zero-order valence-electron chi connectivity index (χ0n) is 21.4. The fourth-order valence-electron chi connectivity index (χ4n) is 4.66. The molecule has 0 radical (unpaired) electrons. The number of nitrogens with one attached hydrogen (secondary N) is 1. The second-order valence-electron chi connectivity index (χ2n) is 9.50. The van der Waals surface area contributed by atoms with Crippen LogP contribution in [0.25, 0.3) is 0 Å². The summed E-state index contributed by atoms with van der Waals surface area (Å²) in [5.41, 5.74) is 2.02. The van der Waals surface area contributed by atoms with Crippen LogP contribution in [-0.4, -0.2) is 42.9 Å². The van der Waals surface area contributed by atoms with Gasteiger partial charge in [0, 0.05) is 49.9 Å². The topological polar surface area (TPSA) is 52.7 Å². The lowest BCUT2D eigenvalue weighted by atomic mass is 10.0. The minimum Gasteiger partial charge on any atom is -0.368 e. The van der Waals surface area contributed by atoms with E-state index in [2.05, 4.69) is 43.1 Å². The highest BCUT2D eigenvalue weighted by atomic mass is 16.2. The fourth-order valence-corrected chi connectivity index (χ4v) is 4.66. The van der Waals surface area contributed by atoms with E-state index >= 15 is 0 Å². The summed E-state index contributed by atoms with van der Waals surface area (Å²) in [6.07, 6.45) is 13.8. The lowest BCUT2D eigenvalue weighted by Gasteiger charge is -2.37. The van der Waals surface area contributed by atoms with Gasteiger partial charge in [-0.25, -0.2) is 0 Å². The number of carbonyl (C=O) groups is 2. The molecule has 0 unspecified atom stereocenters. The van der Waals surface area contributed by atoms with Crippen molar-refractivity contribution in [2.75, 3.05) is 36.4 Å². The third kappa shape index (κ3) is 9.77. The molecule has 1 fully saturated rings. The van der Waals surface area contributed by atoms with Crippen molar-refractivity contribution in [3.8, 4) is 0 Å². The summed E-state index contributed by atoms with van der Waals surface area (Å²) in [5.74, 6) is 0.582. The number of hydrogen-bond donors (Lipinski definition) is 1. The molecule has 0 atom stereocenters. The number of nitrogens with zero attached hydrogens (tertiary/aromatic N) is 2. The van der Waals surface area contributed by atoms with E-state index < -0.39 is 0 Å². The minimum atomic E-state index is 0.110. The molecule has 1 saturated heterocycles. The third-order valence-electron chi connectivity index (χ3n) is 6.95. The van der Waals surface area contributed by atoms with Crippen LogP contribution < -0.4 is 10.2 Å². The Bertz CT molecular complexity index is 677. The van der Waals surface area contributed by atoms with Crippen molar-refractivity contribution >= 4 is 23.2 Å². The van der Waals surface area contributed by atoms with E-state index in [1.54, 1.807) is 0 Å². The molecule has 1 N–H and O–H groups in total.